The van der Waals surface area contributed by atoms with E-state index in [-0.39, 0.29) is 44.5 Å². The monoisotopic (exact) mass is 598 g/mol. The number of alkyl halides is 1. The van der Waals surface area contributed by atoms with Gasteiger partial charge in [0.1, 0.15) is 27.2 Å². The molecule has 1 atom stereocenters. The number of fused-ring (bicyclic) bond motifs is 1. The van der Waals surface area contributed by atoms with Crippen LogP contribution in [0.4, 0.5) is 0 Å². The molecule has 6 nitrogen and oxygen atoms in total. The highest BCUT2D eigenvalue weighted by molar-refractivity contribution is 9.11. The van der Waals surface area contributed by atoms with Gasteiger partial charge in [-0.25, -0.2) is 0 Å². The summed E-state index contributed by atoms with van der Waals surface area (Å²) in [6.07, 6.45) is 0. The lowest BCUT2D eigenvalue weighted by molar-refractivity contribution is -0.131. The summed E-state index contributed by atoms with van der Waals surface area (Å²) in [4.78, 5) is 24.5. The second-order valence-corrected chi connectivity index (χ2v) is 9.88. The van der Waals surface area contributed by atoms with Crippen molar-refractivity contribution >= 4 is 97.1 Å². The van der Waals surface area contributed by atoms with Crippen LogP contribution in [0, 0.1) is 0 Å². The number of hydrogen-bond acceptors (Lipinski definition) is 6. The van der Waals surface area contributed by atoms with Crippen LogP contribution in [0.3, 0.4) is 0 Å². The summed E-state index contributed by atoms with van der Waals surface area (Å²) in [5.74, 6) is -0.604. The molecule has 0 aliphatic rings. The lowest BCUT2D eigenvalue weighted by Gasteiger charge is -2.11. The third kappa shape index (κ3) is 3.83. The van der Waals surface area contributed by atoms with Crippen molar-refractivity contribution in [3.8, 4) is 17.2 Å². The van der Waals surface area contributed by atoms with Crippen molar-refractivity contribution in [3.63, 3.8) is 0 Å². The maximum atomic E-state index is 13.6. The van der Waals surface area contributed by atoms with Gasteiger partial charge in [-0.05, 0) is 61.8 Å². The smallest absolute Gasteiger partial charge is 0.308 e. The molecule has 154 valence electrons. The molecule has 11 heteroatoms. The zero-order chi connectivity index (χ0) is 22.5. The van der Waals surface area contributed by atoms with Gasteiger partial charge < -0.3 is 19.4 Å². The number of ketones is 1. The minimum Gasteiger partial charge on any atom is -0.509 e. The molecule has 0 aliphatic heterocycles. The lowest BCUT2D eigenvalue weighted by atomic mass is 9.80. The SMILES string of the molecule is Bc1c(O)c(B)c2c(C(=O)c3cc(Br)c(OC(C)=O)c(Br)c3)c(C(C)Br)oc2c1O. The Kier molecular flexibility index (Phi) is 6.46. The fourth-order valence-electron chi connectivity index (χ4n) is 3.24. The van der Waals surface area contributed by atoms with Gasteiger partial charge in [-0.3, -0.25) is 9.59 Å². The van der Waals surface area contributed by atoms with Crippen molar-refractivity contribution in [2.24, 2.45) is 0 Å². The van der Waals surface area contributed by atoms with Gasteiger partial charge in [0.25, 0.3) is 0 Å². The molecule has 0 amide bonds. The zero-order valence-corrected chi connectivity index (χ0v) is 21.2. The minimum absolute atomic E-state index is 0.101. The first-order valence-electron chi connectivity index (χ1n) is 8.79. The van der Waals surface area contributed by atoms with Crippen LogP contribution in [0.15, 0.2) is 25.5 Å². The molecule has 30 heavy (non-hydrogen) atoms. The van der Waals surface area contributed by atoms with Crippen LogP contribution >= 0.6 is 47.8 Å². The predicted molar refractivity (Wildman–Crippen MR) is 130 cm³/mol. The summed E-state index contributed by atoms with van der Waals surface area (Å²) in [6.45, 7) is 3.08. The molecule has 2 aromatic carbocycles. The normalized spacial score (nSPS) is 12.2. The molecule has 0 saturated heterocycles. The molecule has 3 rings (SSSR count). The highest BCUT2D eigenvalue weighted by atomic mass is 79.9. The summed E-state index contributed by atoms with van der Waals surface area (Å²) in [5.41, 5.74) is 1.37. The lowest BCUT2D eigenvalue weighted by Crippen LogP contribution is -2.18. The Hall–Kier alpha value is -1.71. The van der Waals surface area contributed by atoms with E-state index in [1.807, 2.05) is 0 Å². The van der Waals surface area contributed by atoms with Gasteiger partial charge >= 0.3 is 5.97 Å². The number of carbonyl (C=O) groups excluding carboxylic acids is 2. The molecule has 1 heterocycles. The third-order valence-electron chi connectivity index (χ3n) is 4.69. The van der Waals surface area contributed by atoms with Crippen molar-refractivity contribution in [2.75, 3.05) is 0 Å². The maximum absolute atomic E-state index is 13.6. The van der Waals surface area contributed by atoms with E-state index in [1.165, 1.54) is 19.1 Å². The van der Waals surface area contributed by atoms with Gasteiger partial charge in [-0.1, -0.05) is 15.9 Å². The van der Waals surface area contributed by atoms with Crippen LogP contribution in [-0.4, -0.2) is 37.7 Å². The topological polar surface area (TPSA) is 97.0 Å². The highest BCUT2D eigenvalue weighted by Crippen LogP contribution is 2.40. The van der Waals surface area contributed by atoms with Gasteiger partial charge in [0.15, 0.2) is 22.9 Å². The fourth-order valence-corrected chi connectivity index (χ4v) is 4.91. The largest absolute Gasteiger partial charge is 0.509 e. The van der Waals surface area contributed by atoms with E-state index in [2.05, 4.69) is 47.8 Å². The number of esters is 1. The van der Waals surface area contributed by atoms with Gasteiger partial charge in [-0.2, -0.15) is 0 Å². The van der Waals surface area contributed by atoms with E-state index in [0.29, 0.717) is 31.1 Å². The highest BCUT2D eigenvalue weighted by Gasteiger charge is 2.30. The summed E-state index contributed by atoms with van der Waals surface area (Å²) >= 11 is 10.1. The molecule has 0 bridgehead atoms. The molecule has 0 radical (unpaired) electrons. The number of phenols is 2. The third-order valence-corrected chi connectivity index (χ3v) is 6.28. The average Bonchev–Trinajstić information content (AvgIpc) is 3.07. The number of halogens is 3. The average molecular weight is 601 g/mol. The van der Waals surface area contributed by atoms with Crippen LogP contribution < -0.4 is 15.7 Å². The summed E-state index contributed by atoms with van der Waals surface area (Å²) in [6, 6.07) is 3.08. The molecule has 2 N–H and O–H groups in total. The maximum Gasteiger partial charge on any atom is 0.308 e. The van der Waals surface area contributed by atoms with Crippen molar-refractivity contribution in [3.05, 3.63) is 38.0 Å². The first-order chi connectivity index (χ1) is 14.0. The van der Waals surface area contributed by atoms with Gasteiger partial charge in [-0.15, -0.1) is 0 Å². The van der Waals surface area contributed by atoms with E-state index < -0.39 is 5.97 Å². The molecule has 3 aromatic rings. The minimum atomic E-state index is -0.497. The van der Waals surface area contributed by atoms with E-state index in [0.717, 1.165) is 0 Å². The van der Waals surface area contributed by atoms with Crippen molar-refractivity contribution in [2.45, 2.75) is 18.7 Å². The molecule has 0 fully saturated rings. The predicted octanol–water partition coefficient (Wildman–Crippen LogP) is 2.50. The second kappa shape index (κ2) is 8.43. The Bertz CT molecular complexity index is 1200. The van der Waals surface area contributed by atoms with Crippen LogP contribution in [0.5, 0.6) is 17.2 Å². The number of benzene rings is 2. The quantitative estimate of drug-likeness (QED) is 0.157. The molecule has 0 spiro atoms. The number of aromatic hydroxyl groups is 2. The molecule has 0 aliphatic carbocycles. The van der Waals surface area contributed by atoms with E-state index in [9.17, 15) is 19.8 Å². The second-order valence-electron chi connectivity index (χ2n) is 6.80. The van der Waals surface area contributed by atoms with Crippen molar-refractivity contribution in [1.29, 1.82) is 0 Å². The van der Waals surface area contributed by atoms with Crippen LogP contribution in [0.25, 0.3) is 11.0 Å². The number of ether oxygens (including phenoxy) is 1. The van der Waals surface area contributed by atoms with Gasteiger partial charge in [0.2, 0.25) is 0 Å². The fraction of sp³-hybridized carbons (Fsp3) is 0.158. The Labute approximate surface area is 199 Å². The van der Waals surface area contributed by atoms with Gasteiger partial charge in [0, 0.05) is 17.9 Å². The Morgan fingerprint density at radius 3 is 2.17 bits per heavy atom. The molecule has 0 saturated carbocycles. The van der Waals surface area contributed by atoms with Crippen molar-refractivity contribution in [1.82, 2.24) is 0 Å². The van der Waals surface area contributed by atoms with Crippen molar-refractivity contribution < 1.29 is 29.0 Å². The Morgan fingerprint density at radius 2 is 1.67 bits per heavy atom. The number of hydrogen-bond donors (Lipinski definition) is 2. The van der Waals surface area contributed by atoms with E-state index in [4.69, 9.17) is 9.15 Å². The molecular weight excluding hydrogens is 586 g/mol. The Balaban J connectivity index is 2.30. The van der Waals surface area contributed by atoms with Gasteiger partial charge in [0.05, 0.1) is 19.3 Å². The summed E-state index contributed by atoms with van der Waals surface area (Å²) < 4.78 is 11.9. The first-order valence-corrected chi connectivity index (χ1v) is 11.3. The zero-order valence-electron chi connectivity index (χ0n) is 16.4. The Morgan fingerprint density at radius 1 is 1.10 bits per heavy atom. The molecular formula is C19H15B2Br3O6. The molecule has 1 unspecified atom stereocenters. The standard InChI is InChI=1S/C19H15B2Br3O6/c1-5(22)17-11(10-12(20)15(27)13(21)16(28)19(10)30-17)14(26)7-3-8(23)18(9(24)4-7)29-6(2)25/h3-5,27-28H,20-21H2,1-2H3. The summed E-state index contributed by atoms with van der Waals surface area (Å²) in [5, 5.41) is 21.3. The van der Waals surface area contributed by atoms with Crippen LogP contribution in [0.1, 0.15) is 40.4 Å². The molecule has 1 aromatic heterocycles. The number of rotatable bonds is 4. The van der Waals surface area contributed by atoms with E-state index >= 15 is 0 Å². The summed E-state index contributed by atoms with van der Waals surface area (Å²) in [7, 11) is 3.23. The number of furan rings is 1. The first kappa shape index (κ1) is 23.0. The van der Waals surface area contributed by atoms with Crippen LogP contribution in [0.2, 0.25) is 0 Å². The number of carbonyl (C=O) groups is 2. The number of phenolic OH excluding ortho intramolecular Hbond substituents is 2. The van der Waals surface area contributed by atoms with Crippen LogP contribution in [-0.2, 0) is 4.79 Å². The van der Waals surface area contributed by atoms with E-state index in [1.54, 1.807) is 22.6 Å².